The number of nitrogen functional groups attached to an aromatic ring is 1. The van der Waals surface area contributed by atoms with E-state index < -0.39 is 0 Å². The van der Waals surface area contributed by atoms with E-state index in [1.807, 2.05) is 13.8 Å². The summed E-state index contributed by atoms with van der Waals surface area (Å²) < 4.78 is 10.8. The molecule has 0 saturated carbocycles. The Balaban J connectivity index is 2.42. The minimum atomic E-state index is -0.165. The number of rotatable bonds is 5. The maximum absolute atomic E-state index is 5.68. The van der Waals surface area contributed by atoms with E-state index in [9.17, 15) is 0 Å². The lowest BCUT2D eigenvalue weighted by Crippen LogP contribution is -2.25. The van der Waals surface area contributed by atoms with Crippen LogP contribution in [0.1, 0.15) is 20.3 Å². The zero-order valence-corrected chi connectivity index (χ0v) is 9.49. The van der Waals surface area contributed by atoms with Crippen molar-refractivity contribution >= 4 is 5.69 Å². The Morgan fingerprint density at radius 2 is 2.20 bits per heavy atom. The monoisotopic (exact) mass is 210 g/mol. The van der Waals surface area contributed by atoms with Gasteiger partial charge >= 0.3 is 0 Å². The van der Waals surface area contributed by atoms with Crippen LogP contribution in [0.3, 0.4) is 0 Å². The number of nitrogens with two attached hydrogens (primary N) is 1. The van der Waals surface area contributed by atoms with Crippen LogP contribution >= 0.6 is 0 Å². The van der Waals surface area contributed by atoms with Gasteiger partial charge in [-0.15, -0.1) is 0 Å². The summed E-state index contributed by atoms with van der Waals surface area (Å²) in [5, 5.41) is 0. The van der Waals surface area contributed by atoms with E-state index in [-0.39, 0.29) is 5.60 Å². The van der Waals surface area contributed by atoms with E-state index in [1.54, 1.807) is 25.6 Å². The molecule has 0 aliphatic rings. The van der Waals surface area contributed by atoms with Crippen LogP contribution in [0.5, 0.6) is 5.75 Å². The molecular formula is C11H18N2O2. The summed E-state index contributed by atoms with van der Waals surface area (Å²) >= 11 is 0. The number of hydrogen-bond acceptors (Lipinski definition) is 4. The van der Waals surface area contributed by atoms with Gasteiger partial charge in [0.25, 0.3) is 0 Å². The average Bonchev–Trinajstić information content (AvgIpc) is 2.21. The third-order valence-electron chi connectivity index (χ3n) is 2.32. The third kappa shape index (κ3) is 3.75. The smallest absolute Gasteiger partial charge is 0.145 e. The molecule has 1 rings (SSSR count). The predicted molar refractivity (Wildman–Crippen MR) is 59.8 cm³/mol. The van der Waals surface area contributed by atoms with Gasteiger partial charge in [0.05, 0.1) is 24.1 Å². The van der Waals surface area contributed by atoms with E-state index in [2.05, 4.69) is 4.98 Å². The molecule has 0 radical (unpaired) electrons. The molecule has 0 aliphatic heterocycles. The van der Waals surface area contributed by atoms with Crippen molar-refractivity contribution in [3.63, 3.8) is 0 Å². The van der Waals surface area contributed by atoms with E-state index in [4.69, 9.17) is 15.2 Å². The highest BCUT2D eigenvalue weighted by Crippen LogP contribution is 2.20. The van der Waals surface area contributed by atoms with E-state index in [1.165, 1.54) is 0 Å². The van der Waals surface area contributed by atoms with Crippen LogP contribution in [-0.4, -0.2) is 24.3 Å². The number of pyridine rings is 1. The van der Waals surface area contributed by atoms with Gasteiger partial charge in [-0.3, -0.25) is 4.98 Å². The van der Waals surface area contributed by atoms with Crippen molar-refractivity contribution in [3.05, 3.63) is 18.5 Å². The first kappa shape index (κ1) is 11.8. The molecule has 0 atom stereocenters. The Hall–Kier alpha value is -1.29. The molecule has 1 aromatic heterocycles. The van der Waals surface area contributed by atoms with Crippen molar-refractivity contribution in [3.8, 4) is 5.75 Å². The molecule has 0 unspecified atom stereocenters. The Morgan fingerprint density at radius 3 is 2.80 bits per heavy atom. The molecule has 0 spiro atoms. The number of methoxy groups -OCH3 is 1. The number of anilines is 1. The second-order valence-corrected chi connectivity index (χ2v) is 3.98. The number of aromatic nitrogens is 1. The number of nitrogens with zero attached hydrogens (tertiary/aromatic N) is 1. The largest absolute Gasteiger partial charge is 0.491 e. The van der Waals surface area contributed by atoms with Crippen molar-refractivity contribution < 1.29 is 9.47 Å². The molecule has 4 nitrogen and oxygen atoms in total. The lowest BCUT2D eigenvalue weighted by molar-refractivity contribution is 0.00551. The van der Waals surface area contributed by atoms with Crippen molar-refractivity contribution in [2.45, 2.75) is 25.9 Å². The van der Waals surface area contributed by atoms with Crippen LogP contribution in [0.15, 0.2) is 18.5 Å². The van der Waals surface area contributed by atoms with E-state index in [0.717, 1.165) is 6.42 Å². The summed E-state index contributed by atoms with van der Waals surface area (Å²) in [6, 6.07) is 1.76. The summed E-state index contributed by atoms with van der Waals surface area (Å²) in [6.45, 7) is 4.62. The maximum Gasteiger partial charge on any atom is 0.145 e. The average molecular weight is 210 g/mol. The summed E-state index contributed by atoms with van der Waals surface area (Å²) in [6.07, 6.45) is 4.05. The standard InChI is InChI=1S/C11H18N2O2/c1-11(2,14-3)5-7-15-10-4-6-13-8-9(10)12/h4,6,8H,5,7,12H2,1-3H3. The quantitative estimate of drug-likeness (QED) is 0.805. The van der Waals surface area contributed by atoms with Gasteiger partial charge < -0.3 is 15.2 Å². The fourth-order valence-electron chi connectivity index (χ4n) is 1.03. The highest BCUT2D eigenvalue weighted by atomic mass is 16.5. The Labute approximate surface area is 90.4 Å². The molecule has 2 N–H and O–H groups in total. The second-order valence-electron chi connectivity index (χ2n) is 3.98. The molecule has 0 fully saturated rings. The summed E-state index contributed by atoms with van der Waals surface area (Å²) in [5.41, 5.74) is 6.08. The highest BCUT2D eigenvalue weighted by molar-refractivity contribution is 5.49. The zero-order valence-electron chi connectivity index (χ0n) is 9.49. The first-order valence-electron chi connectivity index (χ1n) is 4.92. The van der Waals surface area contributed by atoms with Crippen LogP contribution in [0.2, 0.25) is 0 Å². The fraction of sp³-hybridized carbons (Fsp3) is 0.545. The molecule has 4 heteroatoms. The SMILES string of the molecule is COC(C)(C)CCOc1ccncc1N. The topological polar surface area (TPSA) is 57.4 Å². The highest BCUT2D eigenvalue weighted by Gasteiger charge is 2.16. The van der Waals surface area contributed by atoms with Crippen molar-refractivity contribution in [1.29, 1.82) is 0 Å². The lowest BCUT2D eigenvalue weighted by atomic mass is 10.1. The molecule has 15 heavy (non-hydrogen) atoms. The Kier molecular flexibility index (Phi) is 3.91. The molecule has 1 heterocycles. The molecule has 0 aromatic carbocycles. The van der Waals surface area contributed by atoms with Crippen molar-refractivity contribution in [1.82, 2.24) is 4.98 Å². The minimum absolute atomic E-state index is 0.165. The van der Waals surface area contributed by atoms with Gasteiger partial charge in [-0.25, -0.2) is 0 Å². The third-order valence-corrected chi connectivity index (χ3v) is 2.32. The molecular weight excluding hydrogens is 192 g/mol. The molecule has 0 saturated heterocycles. The maximum atomic E-state index is 5.68. The van der Waals surface area contributed by atoms with Crippen molar-refractivity contribution in [2.75, 3.05) is 19.5 Å². The van der Waals surface area contributed by atoms with E-state index in [0.29, 0.717) is 18.0 Å². The normalized spacial score (nSPS) is 11.4. The molecule has 1 aromatic rings. The molecule has 0 aliphatic carbocycles. The summed E-state index contributed by atoms with van der Waals surface area (Å²) in [7, 11) is 1.70. The lowest BCUT2D eigenvalue weighted by Gasteiger charge is -2.22. The second kappa shape index (κ2) is 4.98. The Bertz CT molecular complexity index is 313. The van der Waals surface area contributed by atoms with Crippen LogP contribution in [0, 0.1) is 0 Å². The number of ether oxygens (including phenoxy) is 2. The fourth-order valence-corrected chi connectivity index (χ4v) is 1.03. The van der Waals surface area contributed by atoms with Gasteiger partial charge in [0, 0.05) is 25.8 Å². The first-order chi connectivity index (χ1) is 7.05. The van der Waals surface area contributed by atoms with Gasteiger partial charge in [0.2, 0.25) is 0 Å². The van der Waals surface area contributed by atoms with Gasteiger partial charge in [-0.05, 0) is 13.8 Å². The summed E-state index contributed by atoms with van der Waals surface area (Å²) in [4.78, 5) is 3.89. The molecule has 84 valence electrons. The number of hydrogen-bond donors (Lipinski definition) is 1. The minimum Gasteiger partial charge on any atom is -0.491 e. The van der Waals surface area contributed by atoms with Gasteiger partial charge in [0.1, 0.15) is 5.75 Å². The van der Waals surface area contributed by atoms with E-state index >= 15 is 0 Å². The van der Waals surface area contributed by atoms with Gasteiger partial charge in [0.15, 0.2) is 0 Å². The van der Waals surface area contributed by atoms with Crippen LogP contribution in [0.25, 0.3) is 0 Å². The Morgan fingerprint density at radius 1 is 1.47 bits per heavy atom. The van der Waals surface area contributed by atoms with Crippen LogP contribution in [-0.2, 0) is 4.74 Å². The van der Waals surface area contributed by atoms with Crippen LogP contribution in [0.4, 0.5) is 5.69 Å². The molecule has 0 bridgehead atoms. The predicted octanol–water partition coefficient (Wildman–Crippen LogP) is 1.86. The van der Waals surface area contributed by atoms with Gasteiger partial charge in [-0.2, -0.15) is 0 Å². The van der Waals surface area contributed by atoms with Crippen LogP contribution < -0.4 is 10.5 Å². The van der Waals surface area contributed by atoms with Gasteiger partial charge in [-0.1, -0.05) is 0 Å². The first-order valence-corrected chi connectivity index (χ1v) is 4.92. The molecule has 0 amide bonds. The van der Waals surface area contributed by atoms with Crippen molar-refractivity contribution in [2.24, 2.45) is 0 Å². The summed E-state index contributed by atoms with van der Waals surface area (Å²) in [5.74, 6) is 0.678. The zero-order chi connectivity index (χ0) is 11.3.